The van der Waals surface area contributed by atoms with Crippen molar-refractivity contribution in [2.45, 2.75) is 13.1 Å². The van der Waals surface area contributed by atoms with Crippen molar-refractivity contribution in [3.05, 3.63) is 35.7 Å². The summed E-state index contributed by atoms with van der Waals surface area (Å²) in [6.07, 6.45) is 8.47. The highest BCUT2D eigenvalue weighted by molar-refractivity contribution is 5.41. The number of rotatable bonds is 0. The zero-order chi connectivity index (χ0) is 6.97. The number of nitrogens with one attached hydrogen (secondary N) is 2. The monoisotopic (exact) mass is 134 g/mol. The van der Waals surface area contributed by atoms with E-state index in [4.69, 9.17) is 0 Å². The maximum atomic E-state index is 3.20. The van der Waals surface area contributed by atoms with Crippen molar-refractivity contribution < 1.29 is 0 Å². The first kappa shape index (κ1) is 5.59. The van der Waals surface area contributed by atoms with Gasteiger partial charge in [-0.25, -0.2) is 0 Å². The Bertz CT molecular complexity index is 236. The highest BCUT2D eigenvalue weighted by Crippen LogP contribution is 2.17. The summed E-state index contributed by atoms with van der Waals surface area (Å²) in [5.74, 6) is 0. The predicted molar refractivity (Wildman–Crippen MR) is 41.0 cm³/mol. The van der Waals surface area contributed by atoms with E-state index in [-0.39, 0.29) is 0 Å². The Morgan fingerprint density at radius 2 is 1.90 bits per heavy atom. The molecule has 0 radical (unpaired) electrons. The van der Waals surface area contributed by atoms with Gasteiger partial charge in [-0.05, 0) is 42.6 Å². The van der Waals surface area contributed by atoms with Crippen molar-refractivity contribution in [3.8, 4) is 0 Å². The molecule has 2 heterocycles. The minimum Gasteiger partial charge on any atom is -0.368 e. The third kappa shape index (κ3) is 0.652. The standard InChI is InChI=1S/C8H10N2/c1-6-2-4-9-8-7(6)3-5-10-8/h2-5,8-10H,1H3. The lowest BCUT2D eigenvalue weighted by Gasteiger charge is -2.18. The topological polar surface area (TPSA) is 24.1 Å². The van der Waals surface area contributed by atoms with Crippen LogP contribution in [0.1, 0.15) is 6.92 Å². The first-order valence-corrected chi connectivity index (χ1v) is 3.44. The van der Waals surface area contributed by atoms with E-state index in [1.54, 1.807) is 0 Å². The largest absolute Gasteiger partial charge is 0.368 e. The van der Waals surface area contributed by atoms with Crippen molar-refractivity contribution in [1.82, 2.24) is 10.6 Å². The van der Waals surface area contributed by atoms with E-state index in [9.17, 15) is 0 Å². The fourth-order valence-electron chi connectivity index (χ4n) is 1.28. The number of dihydropyridines is 1. The Hall–Kier alpha value is -1.18. The summed E-state index contributed by atoms with van der Waals surface area (Å²) in [7, 11) is 0. The molecule has 0 aromatic carbocycles. The lowest BCUT2D eigenvalue weighted by atomic mass is 10.1. The molecule has 0 aromatic rings. The number of hydrogen-bond donors (Lipinski definition) is 2. The molecule has 2 N–H and O–H groups in total. The highest BCUT2D eigenvalue weighted by Gasteiger charge is 2.17. The lowest BCUT2D eigenvalue weighted by Crippen LogP contribution is -2.36. The van der Waals surface area contributed by atoms with Crippen LogP contribution < -0.4 is 10.6 Å². The number of hydrogen-bond acceptors (Lipinski definition) is 2. The van der Waals surface area contributed by atoms with Crippen LogP contribution in [0.4, 0.5) is 0 Å². The fourth-order valence-corrected chi connectivity index (χ4v) is 1.28. The molecule has 2 aliphatic rings. The van der Waals surface area contributed by atoms with Gasteiger partial charge < -0.3 is 10.6 Å². The molecule has 0 saturated heterocycles. The van der Waals surface area contributed by atoms with Crippen LogP contribution in [0.25, 0.3) is 0 Å². The van der Waals surface area contributed by atoms with Gasteiger partial charge in [-0.15, -0.1) is 0 Å². The normalized spacial score (nSPS) is 27.9. The maximum Gasteiger partial charge on any atom is 0.122 e. The Morgan fingerprint density at radius 1 is 1.20 bits per heavy atom. The molecule has 0 saturated carbocycles. The summed E-state index contributed by atoms with van der Waals surface area (Å²) < 4.78 is 0. The smallest absolute Gasteiger partial charge is 0.122 e. The van der Waals surface area contributed by atoms with E-state index in [1.807, 2.05) is 12.4 Å². The molecule has 1 atom stereocenters. The molecule has 2 rings (SSSR count). The minimum atomic E-state index is 0.324. The minimum absolute atomic E-state index is 0.324. The first-order chi connectivity index (χ1) is 4.88. The van der Waals surface area contributed by atoms with Crippen LogP contribution in [0, 0.1) is 0 Å². The molecule has 1 unspecified atom stereocenters. The van der Waals surface area contributed by atoms with Crippen LogP contribution in [0.15, 0.2) is 35.7 Å². The molecule has 2 aliphatic heterocycles. The second kappa shape index (κ2) is 1.90. The van der Waals surface area contributed by atoms with Crippen molar-refractivity contribution >= 4 is 0 Å². The molecule has 0 bridgehead atoms. The molecule has 0 amide bonds. The Kier molecular flexibility index (Phi) is 1.07. The van der Waals surface area contributed by atoms with Crippen molar-refractivity contribution in [1.29, 1.82) is 0 Å². The SMILES string of the molecule is CC1=C2C=CNC2NC=C1. The zero-order valence-corrected chi connectivity index (χ0v) is 5.89. The van der Waals surface area contributed by atoms with Gasteiger partial charge in [0.05, 0.1) is 0 Å². The van der Waals surface area contributed by atoms with Gasteiger partial charge in [-0.1, -0.05) is 0 Å². The third-order valence-electron chi connectivity index (χ3n) is 1.89. The Balaban J connectivity index is 2.41. The molecular weight excluding hydrogens is 124 g/mol. The summed E-state index contributed by atoms with van der Waals surface area (Å²) in [4.78, 5) is 0. The van der Waals surface area contributed by atoms with Gasteiger partial charge in [0.25, 0.3) is 0 Å². The van der Waals surface area contributed by atoms with Crippen LogP contribution in [0.2, 0.25) is 0 Å². The molecule has 0 aliphatic carbocycles. The van der Waals surface area contributed by atoms with Gasteiger partial charge in [0, 0.05) is 0 Å². The molecule has 0 aromatic heterocycles. The molecule has 0 spiro atoms. The van der Waals surface area contributed by atoms with E-state index in [2.05, 4.69) is 29.7 Å². The van der Waals surface area contributed by atoms with Gasteiger partial charge in [0.15, 0.2) is 0 Å². The van der Waals surface area contributed by atoms with Crippen molar-refractivity contribution in [2.24, 2.45) is 0 Å². The van der Waals surface area contributed by atoms with Crippen LogP contribution in [0.5, 0.6) is 0 Å². The number of fused-ring (bicyclic) bond motifs is 1. The average Bonchev–Trinajstić information content (AvgIpc) is 2.36. The van der Waals surface area contributed by atoms with E-state index < -0.39 is 0 Å². The quantitative estimate of drug-likeness (QED) is 0.513. The molecule has 2 nitrogen and oxygen atoms in total. The fraction of sp³-hybridized carbons (Fsp3) is 0.250. The molecule has 2 heteroatoms. The molecule has 10 heavy (non-hydrogen) atoms. The van der Waals surface area contributed by atoms with Crippen LogP contribution in [-0.4, -0.2) is 6.17 Å². The van der Waals surface area contributed by atoms with E-state index in [0.717, 1.165) is 0 Å². The summed E-state index contributed by atoms with van der Waals surface area (Å²) in [5, 5.41) is 6.39. The van der Waals surface area contributed by atoms with Crippen LogP contribution in [-0.2, 0) is 0 Å². The lowest BCUT2D eigenvalue weighted by molar-refractivity contribution is 0.629. The summed E-state index contributed by atoms with van der Waals surface area (Å²) in [5.41, 5.74) is 2.69. The van der Waals surface area contributed by atoms with Gasteiger partial charge in [0.2, 0.25) is 0 Å². The maximum absolute atomic E-state index is 3.20. The molecule has 0 fully saturated rings. The summed E-state index contributed by atoms with van der Waals surface area (Å²) in [6.45, 7) is 2.12. The van der Waals surface area contributed by atoms with Crippen LogP contribution in [0.3, 0.4) is 0 Å². The van der Waals surface area contributed by atoms with E-state index in [1.165, 1.54) is 11.1 Å². The van der Waals surface area contributed by atoms with Gasteiger partial charge in [0.1, 0.15) is 6.17 Å². The van der Waals surface area contributed by atoms with Crippen molar-refractivity contribution in [3.63, 3.8) is 0 Å². The average molecular weight is 134 g/mol. The van der Waals surface area contributed by atoms with E-state index in [0.29, 0.717) is 6.17 Å². The third-order valence-corrected chi connectivity index (χ3v) is 1.89. The van der Waals surface area contributed by atoms with Gasteiger partial charge >= 0.3 is 0 Å². The van der Waals surface area contributed by atoms with E-state index >= 15 is 0 Å². The molecule has 52 valence electrons. The van der Waals surface area contributed by atoms with Crippen molar-refractivity contribution in [2.75, 3.05) is 0 Å². The predicted octanol–water partition coefficient (Wildman–Crippen LogP) is 0.863. The highest BCUT2D eigenvalue weighted by atomic mass is 15.1. The molecular formula is C8H10N2. The number of allylic oxidation sites excluding steroid dienone is 2. The Labute approximate surface area is 60.3 Å². The van der Waals surface area contributed by atoms with Crippen LogP contribution >= 0.6 is 0 Å². The second-order valence-electron chi connectivity index (χ2n) is 2.57. The van der Waals surface area contributed by atoms with Gasteiger partial charge in [-0.2, -0.15) is 0 Å². The second-order valence-corrected chi connectivity index (χ2v) is 2.57. The summed E-state index contributed by atoms with van der Waals surface area (Å²) >= 11 is 0. The van der Waals surface area contributed by atoms with Gasteiger partial charge in [-0.3, -0.25) is 0 Å². The first-order valence-electron chi connectivity index (χ1n) is 3.44. The summed E-state index contributed by atoms with van der Waals surface area (Å²) in [6, 6.07) is 0. The zero-order valence-electron chi connectivity index (χ0n) is 5.89. The Morgan fingerprint density at radius 3 is 2.60 bits per heavy atom.